The molecule has 10 nitrogen and oxygen atoms in total. The number of anilines is 1. The summed E-state index contributed by atoms with van der Waals surface area (Å²) in [5.41, 5.74) is 2.40. The molecule has 0 bridgehead atoms. The highest BCUT2D eigenvalue weighted by Crippen LogP contribution is 2.61. The van der Waals surface area contributed by atoms with Gasteiger partial charge < -0.3 is 30.0 Å². The lowest BCUT2D eigenvalue weighted by Crippen LogP contribution is -2.30. The number of carbonyl (C=O) groups is 3. The number of hydrogen-bond acceptors (Lipinski definition) is 6. The van der Waals surface area contributed by atoms with E-state index in [0.717, 1.165) is 11.1 Å². The van der Waals surface area contributed by atoms with Crippen molar-refractivity contribution in [3.05, 3.63) is 58.4 Å². The zero-order valence-electron chi connectivity index (χ0n) is 21.5. The molecule has 10 heteroatoms. The number of hydrogen-bond donors (Lipinski definition) is 3. The summed E-state index contributed by atoms with van der Waals surface area (Å²) in [4.78, 5) is 40.7. The number of aliphatic carboxylic acids is 1. The van der Waals surface area contributed by atoms with E-state index in [9.17, 15) is 14.4 Å². The second-order valence-corrected chi connectivity index (χ2v) is 9.50. The van der Waals surface area contributed by atoms with Crippen molar-refractivity contribution in [2.45, 2.75) is 37.5 Å². The number of amides is 2. The van der Waals surface area contributed by atoms with Crippen molar-refractivity contribution in [1.82, 2.24) is 5.32 Å². The Kier molecular flexibility index (Phi) is 8.17. The van der Waals surface area contributed by atoms with Gasteiger partial charge in [-0.05, 0) is 43.4 Å². The van der Waals surface area contributed by atoms with E-state index in [4.69, 9.17) is 25.9 Å². The number of nitrogens with zero attached hydrogens (tertiary/aromatic N) is 1. The van der Waals surface area contributed by atoms with Crippen molar-refractivity contribution >= 4 is 29.2 Å². The van der Waals surface area contributed by atoms with E-state index in [1.54, 1.807) is 37.4 Å². The van der Waals surface area contributed by atoms with E-state index in [1.165, 1.54) is 7.11 Å². The Morgan fingerprint density at radius 2 is 2.05 bits per heavy atom. The maximum Gasteiger partial charge on any atom is 0.303 e. The van der Waals surface area contributed by atoms with E-state index < -0.39 is 11.4 Å². The molecule has 2 aromatic rings. The lowest BCUT2D eigenvalue weighted by atomic mass is 9.85. The first-order valence-corrected chi connectivity index (χ1v) is 12.5. The van der Waals surface area contributed by atoms with E-state index in [1.807, 2.05) is 0 Å². The molecule has 0 unspecified atom stereocenters. The fourth-order valence-electron chi connectivity index (χ4n) is 5.10. The minimum atomic E-state index is -0.880. The molecule has 2 atom stereocenters. The van der Waals surface area contributed by atoms with Gasteiger partial charge in [0.15, 0.2) is 5.69 Å². The molecule has 0 radical (unpaired) electrons. The third-order valence-electron chi connectivity index (χ3n) is 7.19. The van der Waals surface area contributed by atoms with E-state index in [-0.39, 0.29) is 24.2 Å². The monoisotopic (exact) mass is 521 g/mol. The molecule has 2 aromatic carbocycles. The number of nitrogens with one attached hydrogen (secondary N) is 2. The summed E-state index contributed by atoms with van der Waals surface area (Å²) >= 11 is 0. The van der Waals surface area contributed by atoms with Gasteiger partial charge in [0, 0.05) is 48.7 Å². The first-order chi connectivity index (χ1) is 18.3. The number of benzene rings is 2. The van der Waals surface area contributed by atoms with Crippen LogP contribution in [0.5, 0.6) is 11.5 Å². The average molecular weight is 522 g/mol. The highest BCUT2D eigenvalue weighted by Gasteiger charge is 2.61. The standard InChI is InChI=1S/C28H31N3O7/c1-29-18-8-7-17(5-4-6-25(32)33)22(13-18)31-27(35)21-16-28(21)9-11-38-24-15-23(37-3)19(14-20(24)28)26(34)30-10-12-36-2/h7-8,13-15,21H,4-6,9-12,16H2,2-3H3,(H,30,34)(H,31,35)(H,32,33)/t21-,28-/m0/s1. The third-order valence-corrected chi connectivity index (χ3v) is 7.19. The Labute approximate surface area is 221 Å². The van der Waals surface area contributed by atoms with Gasteiger partial charge in [-0.25, -0.2) is 4.85 Å². The summed E-state index contributed by atoms with van der Waals surface area (Å²) in [6.07, 6.45) is 2.13. The van der Waals surface area contributed by atoms with Gasteiger partial charge in [0.1, 0.15) is 11.5 Å². The Morgan fingerprint density at radius 1 is 1.24 bits per heavy atom. The minimum absolute atomic E-state index is 0.0192. The number of methoxy groups -OCH3 is 2. The fraction of sp³-hybridized carbons (Fsp3) is 0.429. The molecule has 1 fully saturated rings. The van der Waals surface area contributed by atoms with Crippen LogP contribution >= 0.6 is 0 Å². The molecule has 2 amide bonds. The number of carbonyl (C=O) groups excluding carboxylic acids is 2. The zero-order valence-corrected chi connectivity index (χ0v) is 21.5. The van der Waals surface area contributed by atoms with Gasteiger partial charge in [-0.1, -0.05) is 12.1 Å². The Bertz CT molecular complexity index is 1290. The highest BCUT2D eigenvalue weighted by molar-refractivity contribution is 5.99. The topological polar surface area (TPSA) is 128 Å². The van der Waals surface area contributed by atoms with Crippen molar-refractivity contribution in [2.24, 2.45) is 5.92 Å². The highest BCUT2D eigenvalue weighted by atomic mass is 16.5. The lowest BCUT2D eigenvalue weighted by molar-refractivity contribution is -0.137. The molecular weight excluding hydrogens is 490 g/mol. The van der Waals surface area contributed by atoms with Crippen molar-refractivity contribution in [1.29, 1.82) is 0 Å². The predicted molar refractivity (Wildman–Crippen MR) is 139 cm³/mol. The van der Waals surface area contributed by atoms with Gasteiger partial charge in [0.25, 0.3) is 5.91 Å². The molecule has 4 rings (SSSR count). The summed E-state index contributed by atoms with van der Waals surface area (Å²) in [5.74, 6) is -0.714. The molecule has 1 aliphatic carbocycles. The molecule has 0 saturated heterocycles. The summed E-state index contributed by atoms with van der Waals surface area (Å²) in [6.45, 7) is 8.49. The maximum absolute atomic E-state index is 13.5. The van der Waals surface area contributed by atoms with Gasteiger partial charge >= 0.3 is 5.97 Å². The summed E-state index contributed by atoms with van der Waals surface area (Å²) in [6, 6.07) is 8.52. The van der Waals surface area contributed by atoms with Crippen molar-refractivity contribution in [2.75, 3.05) is 39.3 Å². The normalized spacial score (nSPS) is 19.0. The number of carboxylic acid groups (broad SMARTS) is 1. The molecule has 1 aliphatic heterocycles. The molecule has 2 aliphatic rings. The van der Waals surface area contributed by atoms with Crippen molar-refractivity contribution in [3.8, 4) is 11.5 Å². The van der Waals surface area contributed by atoms with Gasteiger partial charge in [0.2, 0.25) is 5.91 Å². The molecule has 38 heavy (non-hydrogen) atoms. The van der Waals surface area contributed by atoms with Crippen LogP contribution in [-0.4, -0.2) is 56.9 Å². The second-order valence-electron chi connectivity index (χ2n) is 9.50. The quantitative estimate of drug-likeness (QED) is 0.304. The predicted octanol–water partition coefficient (Wildman–Crippen LogP) is 3.71. The van der Waals surface area contributed by atoms with Gasteiger partial charge in [-0.3, -0.25) is 14.4 Å². The molecule has 3 N–H and O–H groups in total. The Morgan fingerprint density at radius 3 is 2.76 bits per heavy atom. The number of rotatable bonds is 11. The van der Waals surface area contributed by atoms with Gasteiger partial charge in [-0.2, -0.15) is 0 Å². The maximum atomic E-state index is 13.5. The van der Waals surface area contributed by atoms with Crippen LogP contribution in [0.2, 0.25) is 0 Å². The van der Waals surface area contributed by atoms with Crippen molar-refractivity contribution < 1.29 is 33.7 Å². The summed E-state index contributed by atoms with van der Waals surface area (Å²) < 4.78 is 16.3. The van der Waals surface area contributed by atoms with Crippen LogP contribution in [0.15, 0.2) is 30.3 Å². The number of ether oxygens (including phenoxy) is 3. The number of fused-ring (bicyclic) bond motifs is 2. The van der Waals surface area contributed by atoms with Crippen LogP contribution in [0.25, 0.3) is 4.85 Å². The lowest BCUT2D eigenvalue weighted by Gasteiger charge is -2.28. The first-order valence-electron chi connectivity index (χ1n) is 12.5. The summed E-state index contributed by atoms with van der Waals surface area (Å²) in [7, 11) is 3.05. The van der Waals surface area contributed by atoms with E-state index in [2.05, 4.69) is 15.5 Å². The Hall–Kier alpha value is -4.10. The SMILES string of the molecule is [C-]#[N+]c1ccc(CCCC(=O)O)c(NC(=O)[C@@H]2C[C@]23CCOc2cc(OC)c(C(=O)NCCOC)cc23)c1. The average Bonchev–Trinajstić information content (AvgIpc) is 3.63. The van der Waals surface area contributed by atoms with Crippen LogP contribution in [0.3, 0.4) is 0 Å². The van der Waals surface area contributed by atoms with E-state index in [0.29, 0.717) is 73.9 Å². The molecular formula is C28H31N3O7. The fourth-order valence-corrected chi connectivity index (χ4v) is 5.10. The number of aryl methyl sites for hydroxylation is 1. The third kappa shape index (κ3) is 5.58. The molecule has 1 saturated carbocycles. The largest absolute Gasteiger partial charge is 0.496 e. The van der Waals surface area contributed by atoms with Crippen LogP contribution in [0.1, 0.15) is 47.2 Å². The molecule has 200 valence electrons. The molecule has 0 aromatic heterocycles. The first kappa shape index (κ1) is 26.9. The van der Waals surface area contributed by atoms with Gasteiger partial charge in [0.05, 0.1) is 32.5 Å². The molecule has 1 spiro atoms. The second kappa shape index (κ2) is 11.5. The smallest absolute Gasteiger partial charge is 0.303 e. The van der Waals surface area contributed by atoms with E-state index >= 15 is 0 Å². The minimum Gasteiger partial charge on any atom is -0.496 e. The van der Waals surface area contributed by atoms with Crippen LogP contribution in [0.4, 0.5) is 11.4 Å². The Balaban J connectivity index is 1.57. The van der Waals surface area contributed by atoms with Crippen LogP contribution < -0.4 is 20.1 Å². The number of carboxylic acids is 1. The summed E-state index contributed by atoms with van der Waals surface area (Å²) in [5, 5.41) is 14.8. The van der Waals surface area contributed by atoms with Crippen LogP contribution in [-0.2, 0) is 26.2 Å². The zero-order chi connectivity index (χ0) is 27.3. The molecule has 1 heterocycles. The van der Waals surface area contributed by atoms with Crippen LogP contribution in [0, 0.1) is 12.5 Å². The van der Waals surface area contributed by atoms with Gasteiger partial charge in [-0.15, -0.1) is 0 Å². The van der Waals surface area contributed by atoms with Crippen molar-refractivity contribution in [3.63, 3.8) is 0 Å².